The van der Waals surface area contributed by atoms with Crippen molar-refractivity contribution in [3.63, 3.8) is 0 Å². The van der Waals surface area contributed by atoms with Crippen LogP contribution in [0.25, 0.3) is 0 Å². The van der Waals surface area contributed by atoms with Crippen molar-refractivity contribution in [1.29, 1.82) is 0 Å². The van der Waals surface area contributed by atoms with Crippen LogP contribution in [0, 0.1) is 5.92 Å². The largest absolute Gasteiger partial charge is 0.480 e. The highest BCUT2D eigenvalue weighted by molar-refractivity contribution is 5.84. The first kappa shape index (κ1) is 18.7. The highest BCUT2D eigenvalue weighted by Crippen LogP contribution is 2.02. The predicted molar refractivity (Wildman–Crippen MR) is 74.2 cm³/mol. The second-order valence-electron chi connectivity index (χ2n) is 4.74. The zero-order valence-electron chi connectivity index (χ0n) is 12.4. The molecule has 0 heterocycles. The van der Waals surface area contributed by atoms with E-state index in [0.29, 0.717) is 0 Å². The Bertz CT molecular complexity index is 412. The van der Waals surface area contributed by atoms with Crippen LogP contribution in [0.2, 0.25) is 0 Å². The number of carbonyl (C=O) groups excluding carboxylic acids is 3. The van der Waals surface area contributed by atoms with Gasteiger partial charge in [0, 0.05) is 27.1 Å². The van der Waals surface area contributed by atoms with Crippen molar-refractivity contribution in [2.45, 2.75) is 25.8 Å². The van der Waals surface area contributed by atoms with Crippen LogP contribution in [0.15, 0.2) is 0 Å². The summed E-state index contributed by atoms with van der Waals surface area (Å²) in [5.41, 5.74) is 4.95. The molecule has 0 fully saturated rings. The minimum atomic E-state index is -1.25. The molecule has 9 nitrogen and oxygen atoms in total. The van der Waals surface area contributed by atoms with E-state index in [2.05, 4.69) is 10.6 Å². The van der Waals surface area contributed by atoms with Gasteiger partial charge in [0.1, 0.15) is 6.04 Å². The lowest BCUT2D eigenvalue weighted by atomic mass is 10.1. The van der Waals surface area contributed by atoms with Gasteiger partial charge in [0.2, 0.25) is 11.8 Å². The summed E-state index contributed by atoms with van der Waals surface area (Å²) in [7, 11) is 2.94. The zero-order valence-corrected chi connectivity index (χ0v) is 12.4. The molecule has 0 aromatic rings. The Morgan fingerprint density at radius 2 is 1.86 bits per heavy atom. The summed E-state index contributed by atoms with van der Waals surface area (Å²) in [6, 6.07) is -1.84. The summed E-state index contributed by atoms with van der Waals surface area (Å²) in [5.74, 6) is -2.55. The third-order valence-electron chi connectivity index (χ3n) is 2.86. The molecule has 0 aromatic carbocycles. The minimum Gasteiger partial charge on any atom is -0.480 e. The van der Waals surface area contributed by atoms with Crippen LogP contribution in [0.1, 0.15) is 19.8 Å². The molecule has 9 heteroatoms. The molecule has 2 atom stereocenters. The molecule has 5 N–H and O–H groups in total. The number of primary amides is 1. The summed E-state index contributed by atoms with van der Waals surface area (Å²) in [6.45, 7) is 1.78. The topological polar surface area (TPSA) is 142 Å². The van der Waals surface area contributed by atoms with Crippen LogP contribution in [0.4, 0.5) is 4.79 Å². The molecular formula is C12H22N4O5. The fourth-order valence-electron chi connectivity index (χ4n) is 1.63. The molecule has 0 bridgehead atoms. The van der Waals surface area contributed by atoms with Crippen molar-refractivity contribution in [1.82, 2.24) is 15.5 Å². The molecule has 21 heavy (non-hydrogen) atoms. The smallest absolute Gasteiger partial charge is 0.326 e. The number of urea groups is 1. The number of amides is 4. The number of carboxylic acid groups (broad SMARTS) is 1. The molecule has 0 aromatic heterocycles. The molecule has 0 aliphatic heterocycles. The third-order valence-corrected chi connectivity index (χ3v) is 2.86. The van der Waals surface area contributed by atoms with Gasteiger partial charge in [-0.3, -0.25) is 9.59 Å². The maximum atomic E-state index is 11.9. The molecule has 0 saturated heterocycles. The van der Waals surface area contributed by atoms with Crippen LogP contribution in [-0.2, 0) is 14.4 Å². The number of carboxylic acids is 1. The van der Waals surface area contributed by atoms with E-state index in [0.717, 1.165) is 0 Å². The molecule has 0 aliphatic carbocycles. The van der Waals surface area contributed by atoms with Crippen LogP contribution in [-0.4, -0.2) is 60.5 Å². The number of nitrogens with two attached hydrogens (primary N) is 1. The second-order valence-corrected chi connectivity index (χ2v) is 4.74. The van der Waals surface area contributed by atoms with Gasteiger partial charge < -0.3 is 26.4 Å². The Labute approximate surface area is 122 Å². The average molecular weight is 302 g/mol. The quantitative estimate of drug-likeness (QED) is 0.442. The van der Waals surface area contributed by atoms with Gasteiger partial charge in [-0.2, -0.15) is 0 Å². The number of aliphatic carboxylic acids is 1. The Hall–Kier alpha value is -2.32. The minimum absolute atomic E-state index is 0.0880. The summed E-state index contributed by atoms with van der Waals surface area (Å²) in [6.07, 6.45) is -0.231. The Morgan fingerprint density at radius 3 is 2.29 bits per heavy atom. The van der Waals surface area contributed by atoms with Gasteiger partial charge in [0.05, 0.1) is 5.92 Å². The molecular weight excluding hydrogens is 280 g/mol. The van der Waals surface area contributed by atoms with Crippen molar-refractivity contribution >= 4 is 23.8 Å². The van der Waals surface area contributed by atoms with E-state index in [9.17, 15) is 19.2 Å². The van der Waals surface area contributed by atoms with Crippen molar-refractivity contribution in [2.24, 2.45) is 11.7 Å². The lowest BCUT2D eigenvalue weighted by molar-refractivity contribution is -0.139. The van der Waals surface area contributed by atoms with Crippen molar-refractivity contribution in [2.75, 3.05) is 20.6 Å². The average Bonchev–Trinajstić information content (AvgIpc) is 2.41. The summed E-state index contributed by atoms with van der Waals surface area (Å²) < 4.78 is 0. The fourth-order valence-corrected chi connectivity index (χ4v) is 1.63. The summed E-state index contributed by atoms with van der Waals surface area (Å²) >= 11 is 0. The molecule has 0 rings (SSSR count). The van der Waals surface area contributed by atoms with Gasteiger partial charge in [0.15, 0.2) is 0 Å². The van der Waals surface area contributed by atoms with Crippen LogP contribution in [0.5, 0.6) is 0 Å². The Kier molecular flexibility index (Phi) is 7.80. The van der Waals surface area contributed by atoms with Gasteiger partial charge >= 0.3 is 12.0 Å². The molecule has 1 unspecified atom stereocenters. The standard InChI is InChI=1S/C12H22N4O5/c1-7(10(18)14-2)6-16(3)12(21)15-8(11(19)20)4-5-9(13)17/h7-8H,4-6H2,1-3H3,(H2,13,17)(H,14,18)(H,15,21)(H,19,20)/t7?,8-/m1/s1. The zero-order chi connectivity index (χ0) is 16.6. The highest BCUT2D eigenvalue weighted by Gasteiger charge is 2.23. The van der Waals surface area contributed by atoms with E-state index in [4.69, 9.17) is 10.8 Å². The number of nitrogens with zero attached hydrogens (tertiary/aromatic N) is 1. The molecule has 0 aliphatic rings. The maximum Gasteiger partial charge on any atom is 0.326 e. The monoisotopic (exact) mass is 302 g/mol. The normalized spacial score (nSPS) is 12.9. The Morgan fingerprint density at radius 1 is 1.29 bits per heavy atom. The van der Waals surface area contributed by atoms with E-state index in [1.807, 2.05) is 0 Å². The second kappa shape index (κ2) is 8.77. The van der Waals surface area contributed by atoms with E-state index in [1.165, 1.54) is 19.0 Å². The van der Waals surface area contributed by atoms with Crippen LogP contribution >= 0.6 is 0 Å². The van der Waals surface area contributed by atoms with Crippen LogP contribution in [0.3, 0.4) is 0 Å². The molecule has 0 saturated carbocycles. The van der Waals surface area contributed by atoms with Crippen molar-refractivity contribution in [3.8, 4) is 0 Å². The van der Waals surface area contributed by atoms with Gasteiger partial charge in [-0.15, -0.1) is 0 Å². The van der Waals surface area contributed by atoms with E-state index >= 15 is 0 Å². The number of carbonyl (C=O) groups is 4. The fraction of sp³-hybridized carbons (Fsp3) is 0.667. The van der Waals surface area contributed by atoms with E-state index in [-0.39, 0.29) is 25.3 Å². The van der Waals surface area contributed by atoms with Gasteiger partial charge in [-0.25, -0.2) is 9.59 Å². The van der Waals surface area contributed by atoms with Crippen molar-refractivity contribution < 1.29 is 24.3 Å². The number of hydrogen-bond acceptors (Lipinski definition) is 4. The molecule has 0 spiro atoms. The first-order valence-corrected chi connectivity index (χ1v) is 6.43. The number of hydrogen-bond donors (Lipinski definition) is 4. The third kappa shape index (κ3) is 7.14. The van der Waals surface area contributed by atoms with Gasteiger partial charge in [0.25, 0.3) is 0 Å². The number of nitrogens with one attached hydrogen (secondary N) is 2. The molecule has 120 valence electrons. The maximum absolute atomic E-state index is 11.9. The summed E-state index contributed by atoms with van der Waals surface area (Å²) in [5, 5.41) is 13.7. The Balaban J connectivity index is 4.50. The lowest BCUT2D eigenvalue weighted by Gasteiger charge is -2.23. The number of rotatable bonds is 8. The van der Waals surface area contributed by atoms with Gasteiger partial charge in [-0.05, 0) is 6.42 Å². The van der Waals surface area contributed by atoms with Crippen molar-refractivity contribution in [3.05, 3.63) is 0 Å². The molecule has 4 amide bonds. The predicted octanol–water partition coefficient (Wildman–Crippen LogP) is -1.27. The lowest BCUT2D eigenvalue weighted by Crippen LogP contribution is -2.48. The van der Waals surface area contributed by atoms with E-state index in [1.54, 1.807) is 6.92 Å². The van der Waals surface area contributed by atoms with E-state index < -0.39 is 29.9 Å². The first-order valence-electron chi connectivity index (χ1n) is 6.43. The summed E-state index contributed by atoms with van der Waals surface area (Å²) in [4.78, 5) is 46.1. The highest BCUT2D eigenvalue weighted by atomic mass is 16.4. The van der Waals surface area contributed by atoms with Crippen LogP contribution < -0.4 is 16.4 Å². The van der Waals surface area contributed by atoms with Gasteiger partial charge in [-0.1, -0.05) is 6.92 Å². The SMILES string of the molecule is CNC(=O)C(C)CN(C)C(=O)N[C@H](CCC(N)=O)C(=O)O. The molecule has 0 radical (unpaired) electrons. The first-order chi connectivity index (χ1) is 9.68.